The maximum atomic E-state index is 13.5. The molecule has 0 N–H and O–H groups in total. The van der Waals surface area contributed by atoms with E-state index in [0.29, 0.717) is 18.7 Å². The van der Waals surface area contributed by atoms with Gasteiger partial charge in [0.05, 0.1) is 16.3 Å². The summed E-state index contributed by atoms with van der Waals surface area (Å²) < 4.78 is 24.8. The maximum Gasteiger partial charge on any atom is 0.255 e. The van der Waals surface area contributed by atoms with Crippen molar-refractivity contribution in [2.75, 3.05) is 37.6 Å². The number of thioether (sulfide) groups is 1. The zero-order valence-corrected chi connectivity index (χ0v) is 22.6. The number of hydrogen-bond acceptors (Lipinski definition) is 5. The number of likely N-dealkylation sites (tertiary alicyclic amines) is 1. The van der Waals surface area contributed by atoms with E-state index in [-0.39, 0.29) is 35.2 Å². The van der Waals surface area contributed by atoms with Gasteiger partial charge in [0.2, 0.25) is 0 Å². The van der Waals surface area contributed by atoms with Crippen LogP contribution in [0.1, 0.15) is 49.5 Å². The average molecular weight is 521 g/mol. The van der Waals surface area contributed by atoms with Gasteiger partial charge in [-0.2, -0.15) is 0 Å². The molecule has 0 saturated carbocycles. The van der Waals surface area contributed by atoms with E-state index in [2.05, 4.69) is 44.7 Å². The standard InChI is InChI=1S/C27H34ClFN2O3S/c1-17-10-21(35-15-27(2,3)4)12-24(25(17)34-16-33-5)31-19-7-8-20(31)14-30(13-19)26(32)22-9-6-18(29)11-23(22)28/h6,9-12,19-20H,7-8,13-16H2,1-5H3. The van der Waals surface area contributed by atoms with Crippen LogP contribution in [0, 0.1) is 18.2 Å². The van der Waals surface area contributed by atoms with E-state index in [4.69, 9.17) is 21.1 Å². The maximum absolute atomic E-state index is 13.5. The first-order valence-corrected chi connectivity index (χ1v) is 13.4. The minimum atomic E-state index is -0.445. The fourth-order valence-corrected chi connectivity index (χ4v) is 6.20. The normalized spacial score (nSPS) is 19.9. The highest BCUT2D eigenvalue weighted by Crippen LogP contribution is 2.44. The summed E-state index contributed by atoms with van der Waals surface area (Å²) in [5.74, 6) is 1.26. The molecule has 2 saturated heterocycles. The summed E-state index contributed by atoms with van der Waals surface area (Å²) in [6.45, 7) is 10.2. The number of benzene rings is 2. The second kappa shape index (κ2) is 10.6. The quantitative estimate of drug-likeness (QED) is 0.312. The van der Waals surface area contributed by atoms with Gasteiger partial charge in [0, 0.05) is 42.9 Å². The Morgan fingerprint density at radius 1 is 1.17 bits per heavy atom. The molecule has 0 aromatic heterocycles. The van der Waals surface area contributed by atoms with Gasteiger partial charge >= 0.3 is 0 Å². The predicted octanol–water partition coefficient (Wildman–Crippen LogP) is 6.40. The third-order valence-corrected chi connectivity index (χ3v) is 8.32. The number of carbonyl (C=O) groups excluding carboxylic acids is 1. The zero-order chi connectivity index (χ0) is 25.3. The molecular weight excluding hydrogens is 487 g/mol. The largest absolute Gasteiger partial charge is 0.465 e. The summed E-state index contributed by atoms with van der Waals surface area (Å²) in [4.78, 5) is 18.8. The SMILES string of the molecule is COCOc1c(C)cc(SCC(C)(C)C)cc1N1C2CCC1CN(C(=O)c1ccc(F)cc1Cl)C2. The lowest BCUT2D eigenvalue weighted by atomic mass is 10.0. The second-order valence-electron chi connectivity index (χ2n) is 10.6. The summed E-state index contributed by atoms with van der Waals surface area (Å²) in [6, 6.07) is 8.71. The zero-order valence-electron chi connectivity index (χ0n) is 21.1. The van der Waals surface area contributed by atoms with Crippen LogP contribution in [0.5, 0.6) is 5.75 Å². The molecule has 1 amide bonds. The molecule has 2 fully saturated rings. The molecule has 5 nitrogen and oxygen atoms in total. The molecule has 2 bridgehead atoms. The Kier molecular flexibility index (Phi) is 7.89. The van der Waals surface area contributed by atoms with Crippen molar-refractivity contribution in [1.29, 1.82) is 0 Å². The van der Waals surface area contributed by atoms with Crippen LogP contribution in [0.25, 0.3) is 0 Å². The highest BCUT2D eigenvalue weighted by Gasteiger charge is 2.43. The number of anilines is 1. The highest BCUT2D eigenvalue weighted by atomic mass is 35.5. The van der Waals surface area contributed by atoms with Crippen LogP contribution in [-0.2, 0) is 4.74 Å². The molecule has 0 spiro atoms. The van der Waals surface area contributed by atoms with Crippen molar-refractivity contribution < 1.29 is 18.7 Å². The fraction of sp³-hybridized carbons (Fsp3) is 0.519. The Balaban J connectivity index is 1.61. The molecule has 2 aliphatic rings. The summed E-state index contributed by atoms with van der Waals surface area (Å²) >= 11 is 8.05. The van der Waals surface area contributed by atoms with Gasteiger partial charge in [-0.05, 0) is 61.1 Å². The summed E-state index contributed by atoms with van der Waals surface area (Å²) in [6.07, 6.45) is 1.99. The summed E-state index contributed by atoms with van der Waals surface area (Å²) in [5.41, 5.74) is 2.71. The molecule has 2 aliphatic heterocycles. The van der Waals surface area contributed by atoms with E-state index in [9.17, 15) is 9.18 Å². The van der Waals surface area contributed by atoms with Crippen LogP contribution in [0.3, 0.4) is 0 Å². The Morgan fingerprint density at radius 3 is 2.46 bits per heavy atom. The first-order valence-electron chi connectivity index (χ1n) is 12.0. The molecule has 4 rings (SSSR count). The van der Waals surface area contributed by atoms with E-state index in [1.54, 1.807) is 7.11 Å². The minimum absolute atomic E-state index is 0.145. The van der Waals surface area contributed by atoms with Crippen LogP contribution in [0.15, 0.2) is 35.2 Å². The number of fused-ring (bicyclic) bond motifs is 2. The Hall–Kier alpha value is -1.96. The molecule has 35 heavy (non-hydrogen) atoms. The van der Waals surface area contributed by atoms with E-state index < -0.39 is 5.82 Å². The van der Waals surface area contributed by atoms with Crippen molar-refractivity contribution in [2.45, 2.75) is 57.5 Å². The average Bonchev–Trinajstić information content (AvgIpc) is 3.04. The topological polar surface area (TPSA) is 42.0 Å². The molecular formula is C27H34ClFN2O3S. The van der Waals surface area contributed by atoms with Crippen molar-refractivity contribution in [2.24, 2.45) is 5.41 Å². The van der Waals surface area contributed by atoms with Crippen LogP contribution >= 0.6 is 23.4 Å². The van der Waals surface area contributed by atoms with Crippen LogP contribution < -0.4 is 9.64 Å². The molecule has 0 radical (unpaired) electrons. The Bertz CT molecular complexity index is 1080. The number of hydrogen-bond donors (Lipinski definition) is 0. The molecule has 2 aromatic rings. The van der Waals surface area contributed by atoms with Gasteiger partial charge in [-0.25, -0.2) is 4.39 Å². The lowest BCUT2D eigenvalue weighted by Gasteiger charge is -2.43. The number of carbonyl (C=O) groups is 1. The van der Waals surface area contributed by atoms with Gasteiger partial charge in [0.25, 0.3) is 5.91 Å². The smallest absolute Gasteiger partial charge is 0.255 e. The number of amides is 1. The van der Waals surface area contributed by atoms with Crippen molar-refractivity contribution in [3.63, 3.8) is 0 Å². The molecule has 2 aromatic carbocycles. The van der Waals surface area contributed by atoms with Gasteiger partial charge in [-0.15, -0.1) is 11.8 Å². The lowest BCUT2D eigenvalue weighted by Crippen LogP contribution is -2.55. The number of aryl methyl sites for hydroxylation is 1. The second-order valence-corrected chi connectivity index (χ2v) is 12.1. The van der Waals surface area contributed by atoms with E-state index in [0.717, 1.165) is 35.6 Å². The third-order valence-electron chi connectivity index (χ3n) is 6.43. The van der Waals surface area contributed by atoms with Crippen LogP contribution in [0.4, 0.5) is 10.1 Å². The Morgan fingerprint density at radius 2 is 1.86 bits per heavy atom. The fourth-order valence-electron chi connectivity index (χ4n) is 4.90. The molecule has 2 unspecified atom stereocenters. The van der Waals surface area contributed by atoms with Crippen molar-refractivity contribution in [3.05, 3.63) is 52.3 Å². The van der Waals surface area contributed by atoms with Gasteiger partial charge in [0.15, 0.2) is 6.79 Å². The number of halogens is 2. The van der Waals surface area contributed by atoms with Gasteiger partial charge in [-0.3, -0.25) is 4.79 Å². The molecule has 8 heteroatoms. The van der Waals surface area contributed by atoms with Gasteiger partial charge in [-0.1, -0.05) is 32.4 Å². The summed E-state index contributed by atoms with van der Waals surface area (Å²) in [7, 11) is 1.62. The van der Waals surface area contributed by atoms with Gasteiger partial charge < -0.3 is 19.3 Å². The van der Waals surface area contributed by atoms with E-state index >= 15 is 0 Å². The van der Waals surface area contributed by atoms with Crippen molar-refractivity contribution in [3.8, 4) is 5.75 Å². The summed E-state index contributed by atoms with van der Waals surface area (Å²) in [5, 5.41) is 0.152. The van der Waals surface area contributed by atoms with E-state index in [1.807, 2.05) is 16.7 Å². The third kappa shape index (κ3) is 5.89. The highest BCUT2D eigenvalue weighted by molar-refractivity contribution is 7.99. The predicted molar refractivity (Wildman–Crippen MR) is 140 cm³/mol. The molecule has 190 valence electrons. The van der Waals surface area contributed by atoms with Crippen LogP contribution in [-0.4, -0.2) is 55.6 Å². The van der Waals surface area contributed by atoms with Crippen LogP contribution in [0.2, 0.25) is 5.02 Å². The van der Waals surface area contributed by atoms with Crippen molar-refractivity contribution in [1.82, 2.24) is 4.90 Å². The van der Waals surface area contributed by atoms with Crippen molar-refractivity contribution >= 4 is 35.0 Å². The molecule has 2 heterocycles. The molecule has 0 aliphatic carbocycles. The number of piperazine rings is 1. The molecule has 2 atom stereocenters. The first kappa shape index (κ1) is 26.1. The Labute approximate surface area is 216 Å². The first-order chi connectivity index (χ1) is 16.6. The lowest BCUT2D eigenvalue weighted by molar-refractivity contribution is 0.0506. The number of ether oxygens (including phenoxy) is 2. The minimum Gasteiger partial charge on any atom is -0.465 e. The number of nitrogens with zero attached hydrogens (tertiary/aromatic N) is 2. The van der Waals surface area contributed by atoms with E-state index in [1.165, 1.54) is 23.1 Å². The number of rotatable bonds is 7. The monoisotopic (exact) mass is 520 g/mol. The van der Waals surface area contributed by atoms with Gasteiger partial charge in [0.1, 0.15) is 11.6 Å². The number of methoxy groups -OCH3 is 1.